The van der Waals surface area contributed by atoms with Crippen molar-refractivity contribution in [2.24, 2.45) is 0 Å². The molecule has 0 fully saturated rings. The Hall–Kier alpha value is -1.69. The highest BCUT2D eigenvalue weighted by atomic mass is 32.1. The number of hydrogen-bond donors (Lipinski definition) is 2. The van der Waals surface area contributed by atoms with E-state index in [9.17, 15) is 8.78 Å². The third-order valence-electron chi connectivity index (χ3n) is 2.14. The summed E-state index contributed by atoms with van der Waals surface area (Å²) >= 11 is 1.34. The molecule has 3 nitrogen and oxygen atoms in total. The minimum Gasteiger partial charge on any atom is -0.389 e. The number of aromatic nitrogens is 1. The first-order valence-corrected chi connectivity index (χ1v) is 5.85. The van der Waals surface area contributed by atoms with Gasteiger partial charge in [-0.2, -0.15) is 0 Å². The standard InChI is InChI=1S/C11H11F2N3S/c12-8-3-7(4-9(13)5-8)1-2-15-11-16-6-10(14)17-11/h3-6H,1-2,14H2,(H,15,16). The Bertz CT molecular complexity index is 493. The molecule has 0 amide bonds. The fourth-order valence-electron chi connectivity index (χ4n) is 1.44. The molecule has 0 atom stereocenters. The van der Waals surface area contributed by atoms with Gasteiger partial charge in [-0.25, -0.2) is 13.8 Å². The van der Waals surface area contributed by atoms with E-state index in [1.165, 1.54) is 23.5 Å². The van der Waals surface area contributed by atoms with Crippen molar-refractivity contribution in [1.29, 1.82) is 0 Å². The second-order valence-electron chi connectivity index (χ2n) is 3.52. The molecular formula is C11H11F2N3S. The molecule has 6 heteroatoms. The average molecular weight is 255 g/mol. The van der Waals surface area contributed by atoms with Gasteiger partial charge in [-0.1, -0.05) is 11.3 Å². The number of nitrogens with two attached hydrogens (primary N) is 1. The summed E-state index contributed by atoms with van der Waals surface area (Å²) in [5.41, 5.74) is 6.13. The van der Waals surface area contributed by atoms with Crippen LogP contribution in [0.3, 0.4) is 0 Å². The predicted octanol–water partition coefficient (Wildman–Crippen LogP) is 2.66. The Balaban J connectivity index is 1.89. The summed E-state index contributed by atoms with van der Waals surface area (Å²) in [6.07, 6.45) is 2.09. The minimum absolute atomic E-state index is 0.522. The van der Waals surface area contributed by atoms with E-state index in [0.29, 0.717) is 28.7 Å². The maximum atomic E-state index is 12.9. The number of halogens is 2. The monoisotopic (exact) mass is 255 g/mol. The minimum atomic E-state index is -0.557. The Kier molecular flexibility index (Phi) is 3.53. The van der Waals surface area contributed by atoms with Crippen LogP contribution in [-0.4, -0.2) is 11.5 Å². The van der Waals surface area contributed by atoms with Gasteiger partial charge in [-0.15, -0.1) is 0 Å². The zero-order valence-electron chi connectivity index (χ0n) is 8.91. The van der Waals surface area contributed by atoms with Crippen LogP contribution in [0.1, 0.15) is 5.56 Å². The smallest absolute Gasteiger partial charge is 0.184 e. The van der Waals surface area contributed by atoms with Crippen molar-refractivity contribution < 1.29 is 8.78 Å². The van der Waals surface area contributed by atoms with Gasteiger partial charge in [-0.05, 0) is 24.1 Å². The highest BCUT2D eigenvalue weighted by Crippen LogP contribution is 2.19. The quantitative estimate of drug-likeness (QED) is 0.883. The fraction of sp³-hybridized carbons (Fsp3) is 0.182. The van der Waals surface area contributed by atoms with Gasteiger partial charge in [0, 0.05) is 12.6 Å². The third-order valence-corrected chi connectivity index (χ3v) is 2.92. The molecule has 2 aromatic rings. The van der Waals surface area contributed by atoms with Crippen molar-refractivity contribution in [3.8, 4) is 0 Å². The molecule has 3 N–H and O–H groups in total. The first-order chi connectivity index (χ1) is 8.13. The van der Waals surface area contributed by atoms with Gasteiger partial charge in [0.15, 0.2) is 5.13 Å². The van der Waals surface area contributed by atoms with Crippen LogP contribution in [0.4, 0.5) is 18.9 Å². The summed E-state index contributed by atoms with van der Waals surface area (Å²) < 4.78 is 25.8. The maximum absolute atomic E-state index is 12.9. The lowest BCUT2D eigenvalue weighted by molar-refractivity contribution is 0.580. The van der Waals surface area contributed by atoms with Crippen LogP contribution < -0.4 is 11.1 Å². The zero-order valence-corrected chi connectivity index (χ0v) is 9.73. The largest absolute Gasteiger partial charge is 0.389 e. The van der Waals surface area contributed by atoms with Crippen molar-refractivity contribution in [1.82, 2.24) is 4.98 Å². The molecule has 0 saturated carbocycles. The Morgan fingerprint density at radius 2 is 1.94 bits per heavy atom. The number of thiazole rings is 1. The Morgan fingerprint density at radius 3 is 2.53 bits per heavy atom. The average Bonchev–Trinajstić information content (AvgIpc) is 2.63. The molecule has 0 spiro atoms. The van der Waals surface area contributed by atoms with E-state index < -0.39 is 11.6 Å². The van der Waals surface area contributed by atoms with E-state index in [1.54, 1.807) is 6.20 Å². The highest BCUT2D eigenvalue weighted by Gasteiger charge is 2.02. The lowest BCUT2D eigenvalue weighted by Gasteiger charge is -2.03. The van der Waals surface area contributed by atoms with Crippen LogP contribution in [0.5, 0.6) is 0 Å². The van der Waals surface area contributed by atoms with Crippen molar-refractivity contribution in [3.63, 3.8) is 0 Å². The predicted molar refractivity (Wildman–Crippen MR) is 65.1 cm³/mol. The molecule has 1 heterocycles. The van der Waals surface area contributed by atoms with Gasteiger partial charge in [-0.3, -0.25) is 0 Å². The van der Waals surface area contributed by atoms with E-state index in [2.05, 4.69) is 10.3 Å². The highest BCUT2D eigenvalue weighted by molar-refractivity contribution is 7.19. The summed E-state index contributed by atoms with van der Waals surface area (Å²) in [6, 6.07) is 3.50. The first kappa shape index (κ1) is 11.8. The van der Waals surface area contributed by atoms with Gasteiger partial charge >= 0.3 is 0 Å². The van der Waals surface area contributed by atoms with Crippen molar-refractivity contribution in [3.05, 3.63) is 41.6 Å². The number of benzene rings is 1. The van der Waals surface area contributed by atoms with Crippen LogP contribution in [0.15, 0.2) is 24.4 Å². The van der Waals surface area contributed by atoms with E-state index in [4.69, 9.17) is 5.73 Å². The van der Waals surface area contributed by atoms with E-state index in [0.717, 1.165) is 6.07 Å². The van der Waals surface area contributed by atoms with Gasteiger partial charge in [0.05, 0.1) is 6.20 Å². The number of nitrogen functional groups attached to an aromatic ring is 1. The van der Waals surface area contributed by atoms with Crippen LogP contribution in [0.2, 0.25) is 0 Å². The molecule has 1 aromatic carbocycles. The van der Waals surface area contributed by atoms with E-state index >= 15 is 0 Å². The first-order valence-electron chi connectivity index (χ1n) is 5.03. The van der Waals surface area contributed by atoms with Gasteiger partial charge in [0.25, 0.3) is 0 Å². The summed E-state index contributed by atoms with van der Waals surface area (Å²) in [4.78, 5) is 4.02. The molecule has 0 aliphatic rings. The van der Waals surface area contributed by atoms with E-state index in [1.807, 2.05) is 0 Å². The van der Waals surface area contributed by atoms with Gasteiger partial charge in [0.2, 0.25) is 0 Å². The zero-order chi connectivity index (χ0) is 12.3. The SMILES string of the molecule is Nc1cnc(NCCc2cc(F)cc(F)c2)s1. The lowest BCUT2D eigenvalue weighted by atomic mass is 10.1. The molecule has 0 radical (unpaired) electrons. The van der Waals surface area contributed by atoms with Crippen LogP contribution in [0, 0.1) is 11.6 Å². The maximum Gasteiger partial charge on any atom is 0.184 e. The van der Waals surface area contributed by atoms with Gasteiger partial charge in [0.1, 0.15) is 16.6 Å². The lowest BCUT2D eigenvalue weighted by Crippen LogP contribution is -2.04. The molecule has 0 aliphatic heterocycles. The fourth-order valence-corrected chi connectivity index (χ4v) is 2.05. The topological polar surface area (TPSA) is 50.9 Å². The molecule has 2 rings (SSSR count). The Morgan fingerprint density at radius 1 is 1.24 bits per heavy atom. The number of hydrogen-bond acceptors (Lipinski definition) is 4. The second-order valence-corrected chi connectivity index (χ2v) is 4.58. The van der Waals surface area contributed by atoms with Crippen molar-refractivity contribution in [2.75, 3.05) is 17.6 Å². The number of nitrogens with one attached hydrogen (secondary N) is 1. The van der Waals surface area contributed by atoms with Gasteiger partial charge < -0.3 is 11.1 Å². The number of rotatable bonds is 4. The third kappa shape index (κ3) is 3.39. The number of anilines is 2. The molecular weight excluding hydrogens is 244 g/mol. The molecule has 1 aromatic heterocycles. The molecule has 0 bridgehead atoms. The van der Waals surface area contributed by atoms with Crippen LogP contribution >= 0.6 is 11.3 Å². The van der Waals surface area contributed by atoms with Crippen molar-refractivity contribution >= 4 is 21.5 Å². The summed E-state index contributed by atoms with van der Waals surface area (Å²) in [6.45, 7) is 0.551. The van der Waals surface area contributed by atoms with Crippen molar-refractivity contribution in [2.45, 2.75) is 6.42 Å². The summed E-state index contributed by atoms with van der Waals surface area (Å²) in [7, 11) is 0. The van der Waals surface area contributed by atoms with Crippen LogP contribution in [0.25, 0.3) is 0 Å². The second kappa shape index (κ2) is 5.09. The molecule has 90 valence electrons. The van der Waals surface area contributed by atoms with Crippen LogP contribution in [-0.2, 0) is 6.42 Å². The molecule has 17 heavy (non-hydrogen) atoms. The normalized spacial score (nSPS) is 10.5. The Labute approximate surface area is 101 Å². The summed E-state index contributed by atoms with van der Waals surface area (Å²) in [5, 5.41) is 4.37. The molecule has 0 aliphatic carbocycles. The number of nitrogens with zero attached hydrogens (tertiary/aromatic N) is 1. The van der Waals surface area contributed by atoms with E-state index in [-0.39, 0.29) is 0 Å². The molecule has 0 unspecified atom stereocenters. The summed E-state index contributed by atoms with van der Waals surface area (Å²) in [5.74, 6) is -1.11. The molecule has 0 saturated heterocycles.